The van der Waals surface area contributed by atoms with Gasteiger partial charge in [0, 0.05) is 13.1 Å². The lowest BCUT2D eigenvalue weighted by Gasteiger charge is -2.26. The molecule has 0 aliphatic heterocycles. The second-order valence-corrected chi connectivity index (χ2v) is 4.69. The Balaban J connectivity index is 2.20. The first kappa shape index (κ1) is 11.9. The van der Waals surface area contributed by atoms with Crippen molar-refractivity contribution in [3.05, 3.63) is 0 Å². The molecule has 1 unspecified atom stereocenters. The van der Waals surface area contributed by atoms with Crippen molar-refractivity contribution in [2.24, 2.45) is 0 Å². The van der Waals surface area contributed by atoms with E-state index >= 15 is 0 Å². The molecule has 1 saturated carbocycles. The van der Waals surface area contributed by atoms with Crippen molar-refractivity contribution in [2.45, 2.75) is 43.8 Å². The molecule has 1 atom stereocenters. The molecule has 0 aromatic carbocycles. The Morgan fingerprint density at radius 3 is 2.43 bits per heavy atom. The smallest absolute Gasteiger partial charge is 0.0972 e. The molecule has 1 aliphatic carbocycles. The predicted octanol–water partition coefficient (Wildman–Crippen LogP) is -0.376. The lowest BCUT2D eigenvalue weighted by atomic mass is 10.0. The van der Waals surface area contributed by atoms with Crippen LogP contribution in [0, 0.1) is 0 Å². The number of aliphatic hydroxyl groups excluding tert-OH is 1. The molecule has 0 bridgehead atoms. The zero-order valence-electron chi connectivity index (χ0n) is 8.79. The molecule has 4 nitrogen and oxygen atoms in total. The molecular formula is C10H21NO3. The molecule has 0 spiro atoms. The molecular weight excluding hydrogens is 182 g/mol. The van der Waals surface area contributed by atoms with E-state index in [-0.39, 0.29) is 6.61 Å². The van der Waals surface area contributed by atoms with Gasteiger partial charge in [0.2, 0.25) is 0 Å². The fraction of sp³-hybridized carbons (Fsp3) is 1.00. The zero-order valence-corrected chi connectivity index (χ0v) is 8.79. The molecule has 0 aromatic heterocycles. The molecule has 0 heterocycles. The van der Waals surface area contributed by atoms with Gasteiger partial charge in [0.1, 0.15) is 0 Å². The van der Waals surface area contributed by atoms with Crippen LogP contribution in [0.5, 0.6) is 0 Å². The fourth-order valence-corrected chi connectivity index (χ4v) is 1.83. The monoisotopic (exact) mass is 203 g/mol. The summed E-state index contributed by atoms with van der Waals surface area (Å²) in [5.41, 5.74) is -1.68. The average molecular weight is 203 g/mol. The first-order valence-corrected chi connectivity index (χ1v) is 5.24. The van der Waals surface area contributed by atoms with Gasteiger partial charge >= 0.3 is 0 Å². The molecule has 1 rings (SSSR count). The topological polar surface area (TPSA) is 72.7 Å². The molecule has 0 radical (unpaired) electrons. The van der Waals surface area contributed by atoms with Gasteiger partial charge in [0.05, 0.1) is 17.8 Å². The van der Waals surface area contributed by atoms with Crippen molar-refractivity contribution in [3.63, 3.8) is 0 Å². The fourth-order valence-electron chi connectivity index (χ4n) is 1.83. The van der Waals surface area contributed by atoms with Gasteiger partial charge in [0.25, 0.3) is 0 Å². The van der Waals surface area contributed by atoms with Gasteiger partial charge in [-0.3, -0.25) is 0 Å². The van der Waals surface area contributed by atoms with Crippen LogP contribution in [0.4, 0.5) is 0 Å². The third-order valence-corrected chi connectivity index (χ3v) is 2.83. The van der Waals surface area contributed by atoms with E-state index in [4.69, 9.17) is 5.11 Å². The van der Waals surface area contributed by atoms with Crippen molar-refractivity contribution >= 4 is 0 Å². The normalized spacial score (nSPS) is 24.9. The Morgan fingerprint density at radius 2 is 1.93 bits per heavy atom. The highest BCUT2D eigenvalue weighted by Crippen LogP contribution is 2.28. The third kappa shape index (κ3) is 3.53. The Morgan fingerprint density at radius 1 is 1.36 bits per heavy atom. The maximum atomic E-state index is 9.95. The third-order valence-electron chi connectivity index (χ3n) is 2.83. The average Bonchev–Trinajstić information content (AvgIpc) is 2.52. The van der Waals surface area contributed by atoms with Crippen molar-refractivity contribution in [2.75, 3.05) is 19.7 Å². The van der Waals surface area contributed by atoms with Crippen LogP contribution in [0.3, 0.4) is 0 Å². The second-order valence-electron chi connectivity index (χ2n) is 4.69. The number of aliphatic hydroxyl groups is 3. The van der Waals surface area contributed by atoms with Crippen LogP contribution in [-0.4, -0.2) is 46.2 Å². The highest BCUT2D eigenvalue weighted by molar-refractivity contribution is 4.87. The lowest BCUT2D eigenvalue weighted by molar-refractivity contribution is -0.00663. The summed E-state index contributed by atoms with van der Waals surface area (Å²) >= 11 is 0. The van der Waals surface area contributed by atoms with E-state index < -0.39 is 11.2 Å². The van der Waals surface area contributed by atoms with Gasteiger partial charge in [-0.25, -0.2) is 0 Å². The summed E-state index contributed by atoms with van der Waals surface area (Å²) < 4.78 is 0. The van der Waals surface area contributed by atoms with Gasteiger partial charge in [-0.05, 0) is 19.8 Å². The van der Waals surface area contributed by atoms with E-state index in [0.717, 1.165) is 25.7 Å². The number of rotatable bonds is 5. The Bertz CT molecular complexity index is 176. The van der Waals surface area contributed by atoms with Crippen LogP contribution in [-0.2, 0) is 0 Å². The minimum Gasteiger partial charge on any atom is -0.393 e. The van der Waals surface area contributed by atoms with Crippen molar-refractivity contribution in [1.82, 2.24) is 5.32 Å². The van der Waals surface area contributed by atoms with Crippen LogP contribution in [0.1, 0.15) is 32.6 Å². The van der Waals surface area contributed by atoms with E-state index in [1.165, 1.54) is 0 Å². The molecule has 0 amide bonds. The standard InChI is InChI=1S/C10H21NO3/c1-9(13,8-12)6-11-7-10(14)4-2-3-5-10/h11-14H,2-8H2,1H3. The van der Waals surface area contributed by atoms with Crippen molar-refractivity contribution < 1.29 is 15.3 Å². The summed E-state index contributed by atoms with van der Waals surface area (Å²) in [4.78, 5) is 0. The molecule has 0 aromatic rings. The second kappa shape index (κ2) is 4.57. The van der Waals surface area contributed by atoms with Crippen LogP contribution in [0.2, 0.25) is 0 Å². The molecule has 4 heteroatoms. The first-order chi connectivity index (χ1) is 6.47. The van der Waals surface area contributed by atoms with E-state index in [0.29, 0.717) is 13.1 Å². The molecule has 1 aliphatic rings. The maximum Gasteiger partial charge on any atom is 0.0972 e. The summed E-state index contributed by atoms with van der Waals surface area (Å²) in [6, 6.07) is 0. The van der Waals surface area contributed by atoms with Crippen molar-refractivity contribution in [3.8, 4) is 0 Å². The van der Waals surface area contributed by atoms with Crippen LogP contribution < -0.4 is 5.32 Å². The summed E-state index contributed by atoms with van der Waals surface area (Å²) in [5, 5.41) is 31.2. The van der Waals surface area contributed by atoms with Crippen LogP contribution in [0.15, 0.2) is 0 Å². The van der Waals surface area contributed by atoms with Crippen LogP contribution >= 0.6 is 0 Å². The Kier molecular flexibility index (Phi) is 3.89. The SMILES string of the molecule is CC(O)(CO)CNCC1(O)CCCC1. The minimum absolute atomic E-state index is 0.265. The van der Waals surface area contributed by atoms with Gasteiger partial charge in [0.15, 0.2) is 0 Å². The van der Waals surface area contributed by atoms with Gasteiger partial charge < -0.3 is 20.6 Å². The van der Waals surface area contributed by atoms with E-state index in [9.17, 15) is 10.2 Å². The highest BCUT2D eigenvalue weighted by atomic mass is 16.3. The molecule has 4 N–H and O–H groups in total. The first-order valence-electron chi connectivity index (χ1n) is 5.24. The quantitative estimate of drug-likeness (QED) is 0.492. The molecule has 14 heavy (non-hydrogen) atoms. The summed E-state index contributed by atoms with van der Waals surface area (Å²) in [7, 11) is 0. The molecule has 84 valence electrons. The summed E-state index contributed by atoms with van der Waals surface area (Å²) in [5.74, 6) is 0. The number of hydrogen-bond acceptors (Lipinski definition) is 4. The minimum atomic E-state index is -1.09. The number of hydrogen-bond donors (Lipinski definition) is 4. The van der Waals surface area contributed by atoms with Crippen LogP contribution in [0.25, 0.3) is 0 Å². The van der Waals surface area contributed by atoms with Gasteiger partial charge in [-0.1, -0.05) is 12.8 Å². The van der Waals surface area contributed by atoms with E-state index in [1.54, 1.807) is 6.92 Å². The summed E-state index contributed by atoms with van der Waals surface area (Å²) in [6.45, 7) is 2.12. The van der Waals surface area contributed by atoms with Crippen molar-refractivity contribution in [1.29, 1.82) is 0 Å². The Hall–Kier alpha value is -0.160. The summed E-state index contributed by atoms with van der Waals surface area (Å²) in [6.07, 6.45) is 3.83. The largest absolute Gasteiger partial charge is 0.393 e. The molecule has 0 saturated heterocycles. The van der Waals surface area contributed by atoms with Gasteiger partial charge in [-0.15, -0.1) is 0 Å². The van der Waals surface area contributed by atoms with E-state index in [1.807, 2.05) is 0 Å². The highest BCUT2D eigenvalue weighted by Gasteiger charge is 2.31. The van der Waals surface area contributed by atoms with E-state index in [2.05, 4.69) is 5.32 Å². The van der Waals surface area contributed by atoms with Gasteiger partial charge in [-0.2, -0.15) is 0 Å². The zero-order chi connectivity index (χ0) is 10.7. The maximum absolute atomic E-state index is 9.95. The molecule has 1 fully saturated rings. The number of nitrogens with one attached hydrogen (secondary N) is 1. The predicted molar refractivity (Wildman–Crippen MR) is 54.0 cm³/mol. The Labute approximate surface area is 85.0 Å². The lowest BCUT2D eigenvalue weighted by Crippen LogP contribution is -2.46.